The highest BCUT2D eigenvalue weighted by Crippen LogP contribution is 2.39. The maximum atomic E-state index is 11.9. The molecule has 0 aromatic heterocycles. The van der Waals surface area contributed by atoms with Crippen LogP contribution in [0.1, 0.15) is 52.4 Å². The fraction of sp³-hybridized carbons (Fsp3) is 0.941. The van der Waals surface area contributed by atoms with E-state index in [1.165, 1.54) is 0 Å². The summed E-state index contributed by atoms with van der Waals surface area (Å²) in [5.41, 5.74) is 5.54. The Morgan fingerprint density at radius 2 is 1.88 bits per heavy atom. The first-order chi connectivity index (χ1) is 11.1. The zero-order valence-corrected chi connectivity index (χ0v) is 15.1. The molecule has 24 heavy (non-hydrogen) atoms. The molecule has 6 nitrogen and oxygen atoms in total. The molecule has 138 valence electrons. The Kier molecular flexibility index (Phi) is 6.34. The minimum Gasteiger partial charge on any atom is -0.480 e. The lowest BCUT2D eigenvalue weighted by Crippen LogP contribution is -2.60. The number of hydrogen-bond donors (Lipinski definition) is 4. The summed E-state index contributed by atoms with van der Waals surface area (Å²) in [4.78, 5) is 14.2. The van der Waals surface area contributed by atoms with Gasteiger partial charge in [-0.15, -0.1) is 0 Å². The highest BCUT2D eigenvalue weighted by atomic mass is 16.4. The molecule has 0 aromatic rings. The normalized spacial score (nSPS) is 34.0. The third-order valence-electron chi connectivity index (χ3n) is 6.20. The van der Waals surface area contributed by atoms with Crippen LogP contribution >= 0.6 is 0 Å². The molecule has 0 spiro atoms. The van der Waals surface area contributed by atoms with Gasteiger partial charge in [-0.3, -0.25) is 4.79 Å². The summed E-state index contributed by atoms with van der Waals surface area (Å²) in [6.07, 6.45) is 5.33. The van der Waals surface area contributed by atoms with Crippen molar-refractivity contribution in [3.63, 3.8) is 0 Å². The molecule has 1 aliphatic heterocycles. The third-order valence-corrected chi connectivity index (χ3v) is 6.20. The molecule has 1 heterocycles. The minimum absolute atomic E-state index is 0.0356. The van der Waals surface area contributed by atoms with Crippen molar-refractivity contribution in [2.24, 2.45) is 23.0 Å². The second-order valence-corrected chi connectivity index (χ2v) is 8.71. The zero-order chi connectivity index (χ0) is 18.0. The number of rotatable bonds is 6. The van der Waals surface area contributed by atoms with Crippen LogP contribution in [0.3, 0.4) is 0 Å². The van der Waals surface area contributed by atoms with Gasteiger partial charge in [0.15, 0.2) is 0 Å². The lowest BCUT2D eigenvalue weighted by Gasteiger charge is -2.45. The highest BCUT2D eigenvalue weighted by Gasteiger charge is 2.47. The lowest BCUT2D eigenvalue weighted by molar-refractivity contribution is -0.148. The van der Waals surface area contributed by atoms with Gasteiger partial charge in [0.25, 0.3) is 0 Å². The Labute approximate surface area is 145 Å². The van der Waals surface area contributed by atoms with Gasteiger partial charge in [-0.25, -0.2) is 0 Å². The van der Waals surface area contributed by atoms with Gasteiger partial charge in [-0.2, -0.15) is 0 Å². The van der Waals surface area contributed by atoms with Crippen LogP contribution in [0.25, 0.3) is 0 Å². The molecule has 0 amide bonds. The van der Waals surface area contributed by atoms with E-state index in [1.54, 1.807) is 0 Å². The number of likely N-dealkylation sites (tertiary alicyclic amines) is 1. The van der Waals surface area contributed by atoms with Crippen molar-refractivity contribution in [1.82, 2.24) is 4.90 Å². The molecule has 0 radical (unpaired) electrons. The standard InChI is InChI=1S/C17H33BN2O4/c1-16(2)6-9-20(10-7-16)12-14-4-3-13(5-8-18(23)24)11-17(14,19)15(21)22/h13-14,23-24H,3-12,19H2,1-2H3,(H,21,22)/t13-,14+,17+/m0/s1. The molecule has 3 atom stereocenters. The van der Waals surface area contributed by atoms with Gasteiger partial charge in [0, 0.05) is 12.5 Å². The van der Waals surface area contributed by atoms with Crippen molar-refractivity contribution in [2.75, 3.05) is 19.6 Å². The van der Waals surface area contributed by atoms with Gasteiger partial charge in [-0.05, 0) is 62.8 Å². The molecular weight excluding hydrogens is 307 g/mol. The van der Waals surface area contributed by atoms with Gasteiger partial charge < -0.3 is 25.8 Å². The molecule has 1 saturated heterocycles. The van der Waals surface area contributed by atoms with Gasteiger partial charge in [0.05, 0.1) is 0 Å². The minimum atomic E-state index is -1.32. The van der Waals surface area contributed by atoms with Crippen LogP contribution in [0.15, 0.2) is 0 Å². The van der Waals surface area contributed by atoms with Crippen LogP contribution in [-0.4, -0.2) is 58.3 Å². The van der Waals surface area contributed by atoms with Crippen molar-refractivity contribution >= 4 is 13.1 Å². The molecule has 1 aliphatic carbocycles. The summed E-state index contributed by atoms with van der Waals surface area (Å²) in [6, 6.07) is 0. The second-order valence-electron chi connectivity index (χ2n) is 8.71. The number of aliphatic carboxylic acids is 1. The lowest BCUT2D eigenvalue weighted by atomic mass is 9.66. The van der Waals surface area contributed by atoms with E-state index in [4.69, 9.17) is 15.8 Å². The van der Waals surface area contributed by atoms with Crippen molar-refractivity contribution in [2.45, 2.75) is 64.2 Å². The number of nitrogens with zero attached hydrogens (tertiary/aromatic N) is 1. The predicted molar refractivity (Wildman–Crippen MR) is 94.5 cm³/mol. The number of carbonyl (C=O) groups is 1. The largest absolute Gasteiger partial charge is 0.480 e. The van der Waals surface area contributed by atoms with Crippen LogP contribution in [-0.2, 0) is 4.79 Å². The van der Waals surface area contributed by atoms with Crippen LogP contribution in [0.5, 0.6) is 0 Å². The average Bonchev–Trinajstić information content (AvgIpc) is 2.49. The van der Waals surface area contributed by atoms with E-state index in [0.29, 0.717) is 18.3 Å². The van der Waals surface area contributed by atoms with Crippen molar-refractivity contribution in [3.8, 4) is 0 Å². The molecule has 2 aliphatic rings. The first-order valence-electron chi connectivity index (χ1n) is 9.23. The number of carboxylic acids is 1. The van der Waals surface area contributed by atoms with Crippen molar-refractivity contribution in [1.29, 1.82) is 0 Å². The number of hydrogen-bond acceptors (Lipinski definition) is 5. The Morgan fingerprint density at radius 1 is 1.25 bits per heavy atom. The Bertz CT molecular complexity index is 436. The highest BCUT2D eigenvalue weighted by molar-refractivity contribution is 6.40. The second kappa shape index (κ2) is 7.73. The predicted octanol–water partition coefficient (Wildman–Crippen LogP) is 1.17. The zero-order valence-electron chi connectivity index (χ0n) is 15.1. The molecule has 2 fully saturated rings. The smallest absolute Gasteiger partial charge is 0.451 e. The summed E-state index contributed by atoms with van der Waals surface area (Å²) in [7, 11) is -1.32. The molecule has 1 saturated carbocycles. The summed E-state index contributed by atoms with van der Waals surface area (Å²) in [5, 5.41) is 27.8. The number of nitrogens with two attached hydrogens (primary N) is 1. The molecular formula is C17H33BN2O4. The van der Waals surface area contributed by atoms with Crippen LogP contribution in [0.2, 0.25) is 6.32 Å². The summed E-state index contributed by atoms with van der Waals surface area (Å²) in [6.45, 7) is 7.36. The average molecular weight is 340 g/mol. The topological polar surface area (TPSA) is 107 Å². The quantitative estimate of drug-likeness (QED) is 0.541. The van der Waals surface area contributed by atoms with E-state index in [1.807, 2.05) is 0 Å². The van der Waals surface area contributed by atoms with Gasteiger partial charge in [-0.1, -0.05) is 20.3 Å². The van der Waals surface area contributed by atoms with Gasteiger partial charge in [0.2, 0.25) is 0 Å². The fourth-order valence-electron chi connectivity index (χ4n) is 4.24. The van der Waals surface area contributed by atoms with Crippen molar-refractivity contribution < 1.29 is 19.9 Å². The SMILES string of the molecule is CC1(C)CCN(C[C@H]2CC[C@@H](CCB(O)O)C[C@]2(N)C(=O)O)CC1. The first kappa shape index (κ1) is 19.7. The van der Waals surface area contributed by atoms with Crippen LogP contribution < -0.4 is 5.73 Å². The Morgan fingerprint density at radius 3 is 2.42 bits per heavy atom. The molecule has 7 heteroatoms. The fourth-order valence-corrected chi connectivity index (χ4v) is 4.24. The van der Waals surface area contributed by atoms with E-state index in [9.17, 15) is 9.90 Å². The van der Waals surface area contributed by atoms with Crippen molar-refractivity contribution in [3.05, 3.63) is 0 Å². The maximum Gasteiger partial charge on any atom is 0.451 e. The van der Waals surface area contributed by atoms with Gasteiger partial charge >= 0.3 is 13.1 Å². The monoisotopic (exact) mass is 340 g/mol. The summed E-state index contributed by atoms with van der Waals surface area (Å²) in [5.74, 6) is -0.796. The molecule has 0 aromatic carbocycles. The molecule has 5 N–H and O–H groups in total. The van der Waals surface area contributed by atoms with E-state index in [0.717, 1.165) is 45.3 Å². The number of piperidine rings is 1. The third kappa shape index (κ3) is 4.94. The maximum absolute atomic E-state index is 11.9. The number of carboxylic acid groups (broad SMARTS) is 1. The van der Waals surface area contributed by atoms with Crippen LogP contribution in [0, 0.1) is 17.3 Å². The van der Waals surface area contributed by atoms with Gasteiger partial charge in [0.1, 0.15) is 5.54 Å². The molecule has 2 rings (SSSR count). The van der Waals surface area contributed by atoms with E-state index >= 15 is 0 Å². The Hall–Kier alpha value is -0.625. The van der Waals surface area contributed by atoms with E-state index < -0.39 is 18.6 Å². The van der Waals surface area contributed by atoms with E-state index in [2.05, 4.69) is 18.7 Å². The van der Waals surface area contributed by atoms with Crippen LogP contribution in [0.4, 0.5) is 0 Å². The Balaban J connectivity index is 1.95. The summed E-state index contributed by atoms with van der Waals surface area (Å²) >= 11 is 0. The van der Waals surface area contributed by atoms with E-state index in [-0.39, 0.29) is 18.2 Å². The first-order valence-corrected chi connectivity index (χ1v) is 9.23. The summed E-state index contributed by atoms with van der Waals surface area (Å²) < 4.78 is 0. The molecule has 0 bridgehead atoms. The molecule has 0 unspecified atom stereocenters.